The predicted octanol–water partition coefficient (Wildman–Crippen LogP) is 2.48. The Morgan fingerprint density at radius 1 is 1.38 bits per heavy atom. The van der Waals surface area contributed by atoms with Crippen LogP contribution in [0.3, 0.4) is 0 Å². The van der Waals surface area contributed by atoms with Gasteiger partial charge in [-0.1, -0.05) is 24.6 Å². The van der Waals surface area contributed by atoms with Crippen LogP contribution in [0.25, 0.3) is 0 Å². The van der Waals surface area contributed by atoms with Crippen LogP contribution in [0.1, 0.15) is 24.8 Å². The highest BCUT2D eigenvalue weighted by Gasteiger charge is 2.17. The lowest BCUT2D eigenvalue weighted by Crippen LogP contribution is -2.27. The standard InChI is InChI=1S/C12H16N2O2/c15-14(16)12-7-2-1-6-11(12)9-13-8-10-4-3-5-10/h1-2,6-7,10,13H,3-5,8-9H2. The molecule has 0 bridgehead atoms. The van der Waals surface area contributed by atoms with Gasteiger partial charge in [0, 0.05) is 18.2 Å². The number of hydrogen-bond acceptors (Lipinski definition) is 3. The summed E-state index contributed by atoms with van der Waals surface area (Å²) in [5, 5.41) is 14.1. The van der Waals surface area contributed by atoms with Crippen LogP contribution in [-0.4, -0.2) is 11.5 Å². The first-order valence-corrected chi connectivity index (χ1v) is 5.70. The molecule has 0 radical (unpaired) electrons. The first-order valence-electron chi connectivity index (χ1n) is 5.70. The molecule has 0 spiro atoms. The van der Waals surface area contributed by atoms with Crippen molar-refractivity contribution >= 4 is 5.69 Å². The first-order chi connectivity index (χ1) is 7.77. The fraction of sp³-hybridized carbons (Fsp3) is 0.500. The minimum Gasteiger partial charge on any atom is -0.312 e. The van der Waals surface area contributed by atoms with Crippen LogP contribution in [0.4, 0.5) is 5.69 Å². The van der Waals surface area contributed by atoms with Gasteiger partial charge in [-0.05, 0) is 25.3 Å². The van der Waals surface area contributed by atoms with Gasteiger partial charge < -0.3 is 5.32 Å². The van der Waals surface area contributed by atoms with Crippen molar-refractivity contribution in [2.75, 3.05) is 6.54 Å². The van der Waals surface area contributed by atoms with E-state index in [0.717, 1.165) is 18.0 Å². The monoisotopic (exact) mass is 220 g/mol. The second-order valence-electron chi connectivity index (χ2n) is 4.31. The summed E-state index contributed by atoms with van der Waals surface area (Å²) in [6.45, 7) is 1.57. The molecule has 1 N–H and O–H groups in total. The lowest BCUT2D eigenvalue weighted by molar-refractivity contribution is -0.385. The van der Waals surface area contributed by atoms with Gasteiger partial charge in [0.2, 0.25) is 0 Å². The highest BCUT2D eigenvalue weighted by atomic mass is 16.6. The smallest absolute Gasteiger partial charge is 0.273 e. The maximum Gasteiger partial charge on any atom is 0.273 e. The number of hydrogen-bond donors (Lipinski definition) is 1. The van der Waals surface area contributed by atoms with Crippen LogP contribution in [0.2, 0.25) is 0 Å². The molecule has 86 valence electrons. The molecule has 0 aromatic heterocycles. The summed E-state index contributed by atoms with van der Waals surface area (Å²) in [4.78, 5) is 10.4. The molecule has 1 aliphatic carbocycles. The van der Waals surface area contributed by atoms with Crippen LogP contribution in [0.5, 0.6) is 0 Å². The average Bonchev–Trinajstić information content (AvgIpc) is 2.22. The SMILES string of the molecule is O=[N+]([O-])c1ccccc1CNCC1CCC1. The van der Waals surface area contributed by atoms with E-state index in [1.165, 1.54) is 19.3 Å². The Labute approximate surface area is 94.8 Å². The van der Waals surface area contributed by atoms with Gasteiger partial charge in [0.05, 0.1) is 4.92 Å². The molecule has 1 saturated carbocycles. The number of para-hydroxylation sites is 1. The van der Waals surface area contributed by atoms with Gasteiger partial charge in [-0.3, -0.25) is 10.1 Å². The third kappa shape index (κ3) is 2.58. The molecule has 1 fully saturated rings. The molecule has 4 heteroatoms. The number of nitrogens with one attached hydrogen (secondary N) is 1. The first kappa shape index (κ1) is 11.1. The highest BCUT2D eigenvalue weighted by Crippen LogP contribution is 2.25. The molecule has 0 amide bonds. The van der Waals surface area contributed by atoms with Crippen molar-refractivity contribution in [3.8, 4) is 0 Å². The predicted molar refractivity (Wildman–Crippen MR) is 62.1 cm³/mol. The van der Waals surface area contributed by atoms with Gasteiger partial charge in [0.25, 0.3) is 5.69 Å². The van der Waals surface area contributed by atoms with Gasteiger partial charge in [-0.25, -0.2) is 0 Å². The summed E-state index contributed by atoms with van der Waals surface area (Å²) in [7, 11) is 0. The van der Waals surface area contributed by atoms with Crippen LogP contribution in [0, 0.1) is 16.0 Å². The van der Waals surface area contributed by atoms with Crippen LogP contribution in [-0.2, 0) is 6.54 Å². The third-order valence-corrected chi connectivity index (χ3v) is 3.16. The second kappa shape index (κ2) is 5.07. The summed E-state index contributed by atoms with van der Waals surface area (Å²) < 4.78 is 0. The molecule has 1 aromatic carbocycles. The summed E-state index contributed by atoms with van der Waals surface area (Å²) in [5.41, 5.74) is 0.982. The fourth-order valence-electron chi connectivity index (χ4n) is 1.95. The van der Waals surface area contributed by atoms with Gasteiger partial charge in [0.15, 0.2) is 0 Å². The van der Waals surface area contributed by atoms with E-state index >= 15 is 0 Å². The van der Waals surface area contributed by atoms with Crippen LogP contribution >= 0.6 is 0 Å². The number of nitrogens with zero attached hydrogens (tertiary/aromatic N) is 1. The van der Waals surface area contributed by atoms with E-state index in [4.69, 9.17) is 0 Å². The molecule has 0 unspecified atom stereocenters. The van der Waals surface area contributed by atoms with Gasteiger partial charge in [-0.2, -0.15) is 0 Å². The maximum absolute atomic E-state index is 10.8. The van der Waals surface area contributed by atoms with Crippen molar-refractivity contribution in [1.82, 2.24) is 5.32 Å². The van der Waals surface area contributed by atoms with Crippen LogP contribution < -0.4 is 5.32 Å². The van der Waals surface area contributed by atoms with Crippen molar-refractivity contribution in [3.63, 3.8) is 0 Å². The number of rotatable bonds is 5. The third-order valence-electron chi connectivity index (χ3n) is 3.16. The number of benzene rings is 1. The average molecular weight is 220 g/mol. The van der Waals surface area contributed by atoms with E-state index < -0.39 is 0 Å². The van der Waals surface area contributed by atoms with E-state index in [9.17, 15) is 10.1 Å². The molecule has 16 heavy (non-hydrogen) atoms. The quantitative estimate of drug-likeness (QED) is 0.612. The number of nitro groups is 1. The van der Waals surface area contributed by atoms with E-state index in [2.05, 4.69) is 5.32 Å². The molecule has 1 aliphatic rings. The van der Waals surface area contributed by atoms with E-state index in [0.29, 0.717) is 6.54 Å². The normalized spacial score (nSPS) is 15.8. The minimum atomic E-state index is -0.319. The Hall–Kier alpha value is -1.42. The van der Waals surface area contributed by atoms with Gasteiger partial charge in [-0.15, -0.1) is 0 Å². The summed E-state index contributed by atoms with van der Waals surface area (Å²) in [5.74, 6) is 0.780. The Morgan fingerprint density at radius 3 is 2.75 bits per heavy atom. The van der Waals surface area contributed by atoms with Crippen molar-refractivity contribution in [1.29, 1.82) is 0 Å². The van der Waals surface area contributed by atoms with E-state index in [1.54, 1.807) is 12.1 Å². The van der Waals surface area contributed by atoms with Crippen molar-refractivity contribution in [2.24, 2.45) is 5.92 Å². The van der Waals surface area contributed by atoms with Gasteiger partial charge in [0.1, 0.15) is 0 Å². The lowest BCUT2D eigenvalue weighted by Gasteiger charge is -2.25. The molecule has 2 rings (SSSR count). The Kier molecular flexibility index (Phi) is 3.51. The van der Waals surface area contributed by atoms with Crippen LogP contribution in [0.15, 0.2) is 24.3 Å². The summed E-state index contributed by atoms with van der Waals surface area (Å²) in [6, 6.07) is 6.91. The molecule has 1 aromatic rings. The number of nitro benzene ring substituents is 1. The van der Waals surface area contributed by atoms with E-state index in [-0.39, 0.29) is 10.6 Å². The second-order valence-corrected chi connectivity index (χ2v) is 4.31. The largest absolute Gasteiger partial charge is 0.312 e. The zero-order valence-corrected chi connectivity index (χ0v) is 9.19. The Bertz CT molecular complexity index is 375. The highest BCUT2D eigenvalue weighted by molar-refractivity contribution is 5.39. The molecule has 0 saturated heterocycles. The molecular weight excluding hydrogens is 204 g/mol. The molecular formula is C12H16N2O2. The van der Waals surface area contributed by atoms with Gasteiger partial charge >= 0.3 is 0 Å². The summed E-state index contributed by atoms with van der Waals surface area (Å²) >= 11 is 0. The fourth-order valence-corrected chi connectivity index (χ4v) is 1.95. The molecule has 0 heterocycles. The molecule has 4 nitrogen and oxygen atoms in total. The Balaban J connectivity index is 1.89. The topological polar surface area (TPSA) is 55.2 Å². The zero-order chi connectivity index (χ0) is 11.4. The van der Waals surface area contributed by atoms with E-state index in [1.807, 2.05) is 12.1 Å². The molecule has 0 atom stereocenters. The zero-order valence-electron chi connectivity index (χ0n) is 9.19. The maximum atomic E-state index is 10.8. The van der Waals surface area contributed by atoms with Crippen molar-refractivity contribution < 1.29 is 4.92 Å². The molecule has 0 aliphatic heterocycles. The lowest BCUT2D eigenvalue weighted by atomic mass is 9.85. The van der Waals surface area contributed by atoms with Crippen molar-refractivity contribution in [3.05, 3.63) is 39.9 Å². The Morgan fingerprint density at radius 2 is 2.12 bits per heavy atom. The summed E-state index contributed by atoms with van der Waals surface area (Å²) in [6.07, 6.45) is 3.92. The van der Waals surface area contributed by atoms with Crippen molar-refractivity contribution in [2.45, 2.75) is 25.8 Å². The minimum absolute atomic E-state index is 0.212.